The second-order valence-corrected chi connectivity index (χ2v) is 10.6. The monoisotopic (exact) mass is 594 g/mol. The van der Waals surface area contributed by atoms with Crippen LogP contribution in [0.4, 0.5) is 23.7 Å². The molecule has 13 heteroatoms. The number of thioether (sulfide) groups is 1. The first kappa shape index (κ1) is 32.2. The average molecular weight is 595 g/mol. The molecule has 2 aromatic rings. The van der Waals surface area contributed by atoms with Crippen LogP contribution in [0.2, 0.25) is 0 Å². The summed E-state index contributed by atoms with van der Waals surface area (Å²) in [6, 6.07) is 9.73. The van der Waals surface area contributed by atoms with Gasteiger partial charge in [-0.2, -0.15) is 13.2 Å². The maximum absolute atomic E-state index is 13.3. The van der Waals surface area contributed by atoms with Gasteiger partial charge in [0, 0.05) is 31.1 Å². The van der Waals surface area contributed by atoms with Crippen LogP contribution in [0.5, 0.6) is 0 Å². The van der Waals surface area contributed by atoms with Crippen molar-refractivity contribution in [3.05, 3.63) is 59.2 Å². The molecule has 2 atom stereocenters. The van der Waals surface area contributed by atoms with Gasteiger partial charge in [-0.05, 0) is 68.1 Å². The van der Waals surface area contributed by atoms with E-state index in [1.807, 2.05) is 6.26 Å². The Morgan fingerprint density at radius 2 is 1.80 bits per heavy atom. The van der Waals surface area contributed by atoms with E-state index in [4.69, 9.17) is 0 Å². The van der Waals surface area contributed by atoms with Crippen LogP contribution in [0.1, 0.15) is 41.3 Å². The van der Waals surface area contributed by atoms with Gasteiger partial charge >= 0.3 is 12.2 Å². The zero-order valence-corrected chi connectivity index (χ0v) is 24.2. The van der Waals surface area contributed by atoms with Gasteiger partial charge in [-0.1, -0.05) is 19.1 Å². The summed E-state index contributed by atoms with van der Waals surface area (Å²) in [4.78, 5) is 41.0. The maximum atomic E-state index is 13.3. The highest BCUT2D eigenvalue weighted by atomic mass is 32.2. The molecule has 41 heavy (non-hydrogen) atoms. The van der Waals surface area contributed by atoms with Crippen LogP contribution in [0.3, 0.4) is 0 Å². The SMILES string of the molecule is CCCN1CC[C@H](NCc2ccc(SC)cc2)[C@H](NC(=O)CNC(=O)c2cc(C(F)(F)F)ccc2NC(=O)NC)C1. The van der Waals surface area contributed by atoms with Crippen molar-refractivity contribution in [3.63, 3.8) is 0 Å². The molecule has 1 fully saturated rings. The number of nitrogens with one attached hydrogen (secondary N) is 5. The highest BCUT2D eigenvalue weighted by molar-refractivity contribution is 7.98. The number of likely N-dealkylation sites (tertiary alicyclic amines) is 1. The van der Waals surface area contributed by atoms with Gasteiger partial charge in [0.25, 0.3) is 5.91 Å². The Balaban J connectivity index is 1.65. The fourth-order valence-electron chi connectivity index (χ4n) is 4.64. The van der Waals surface area contributed by atoms with Crippen molar-refractivity contribution < 1.29 is 27.6 Å². The lowest BCUT2D eigenvalue weighted by molar-refractivity contribution is -0.137. The number of piperidine rings is 1. The van der Waals surface area contributed by atoms with E-state index in [1.165, 1.54) is 11.9 Å². The molecule has 0 aromatic heterocycles. The molecule has 0 spiro atoms. The van der Waals surface area contributed by atoms with Crippen LogP contribution in [0.15, 0.2) is 47.4 Å². The Bertz CT molecular complexity index is 1200. The first-order valence-electron chi connectivity index (χ1n) is 13.4. The number of nitrogens with zero attached hydrogens (tertiary/aromatic N) is 1. The van der Waals surface area contributed by atoms with Crippen LogP contribution >= 0.6 is 11.8 Å². The van der Waals surface area contributed by atoms with Gasteiger partial charge < -0.3 is 31.5 Å². The van der Waals surface area contributed by atoms with E-state index in [0.717, 1.165) is 43.6 Å². The van der Waals surface area contributed by atoms with Crippen LogP contribution < -0.4 is 26.6 Å². The maximum Gasteiger partial charge on any atom is 0.416 e. The number of halogens is 3. The molecule has 1 heterocycles. The third kappa shape index (κ3) is 9.65. The van der Waals surface area contributed by atoms with E-state index in [-0.39, 0.29) is 17.8 Å². The van der Waals surface area contributed by atoms with Crippen molar-refractivity contribution in [3.8, 4) is 0 Å². The minimum absolute atomic E-state index is 0.00481. The minimum Gasteiger partial charge on any atom is -0.349 e. The predicted molar refractivity (Wildman–Crippen MR) is 154 cm³/mol. The molecule has 5 N–H and O–H groups in total. The predicted octanol–water partition coefficient (Wildman–Crippen LogP) is 3.67. The van der Waals surface area contributed by atoms with Crippen molar-refractivity contribution in [1.82, 2.24) is 26.2 Å². The Hall–Kier alpha value is -3.29. The van der Waals surface area contributed by atoms with Gasteiger partial charge in [0.05, 0.1) is 29.4 Å². The topological polar surface area (TPSA) is 115 Å². The standard InChI is InChI=1S/C28H37F3N6O3S/c1-4-12-37-13-11-23(33-15-18-5-8-20(41-3)9-6-18)24(17-37)35-25(38)16-34-26(39)21-14-19(28(29,30)31)7-10-22(21)36-27(40)32-2/h5-10,14,23-24,33H,4,11-13,15-17H2,1-3H3,(H,34,39)(H,35,38)(H2,32,36,40)/t23-,24+/m0/s1. The third-order valence-electron chi connectivity index (χ3n) is 6.79. The molecule has 2 aromatic carbocycles. The summed E-state index contributed by atoms with van der Waals surface area (Å²) in [5.41, 5.74) is -0.453. The summed E-state index contributed by atoms with van der Waals surface area (Å²) in [6.45, 7) is 4.69. The second kappa shape index (κ2) is 15.1. The number of amides is 4. The third-order valence-corrected chi connectivity index (χ3v) is 7.53. The lowest BCUT2D eigenvalue weighted by Crippen LogP contribution is -2.60. The smallest absolute Gasteiger partial charge is 0.349 e. The molecule has 3 rings (SSSR count). The number of hydrogen-bond acceptors (Lipinski definition) is 6. The van der Waals surface area contributed by atoms with Crippen molar-refractivity contribution in [1.29, 1.82) is 0 Å². The van der Waals surface area contributed by atoms with E-state index in [2.05, 4.69) is 62.7 Å². The largest absolute Gasteiger partial charge is 0.416 e. The summed E-state index contributed by atoms with van der Waals surface area (Å²) in [5.74, 6) is -1.39. The molecule has 0 unspecified atom stereocenters. The molecular formula is C28H37F3N6O3S. The van der Waals surface area contributed by atoms with Crippen LogP contribution in [0.25, 0.3) is 0 Å². The van der Waals surface area contributed by atoms with E-state index >= 15 is 0 Å². The van der Waals surface area contributed by atoms with E-state index < -0.39 is 41.7 Å². The molecule has 1 aliphatic rings. The molecule has 4 amide bonds. The molecule has 0 radical (unpaired) electrons. The number of anilines is 1. The molecule has 9 nitrogen and oxygen atoms in total. The fourth-order valence-corrected chi connectivity index (χ4v) is 5.05. The van der Waals surface area contributed by atoms with E-state index in [1.54, 1.807) is 11.8 Å². The van der Waals surface area contributed by atoms with Gasteiger partial charge in [0.15, 0.2) is 0 Å². The van der Waals surface area contributed by atoms with Gasteiger partial charge in [0.2, 0.25) is 5.91 Å². The molecule has 0 bridgehead atoms. The normalized spacial score (nSPS) is 17.5. The molecule has 224 valence electrons. The molecule has 1 saturated heterocycles. The van der Waals surface area contributed by atoms with Crippen LogP contribution in [-0.4, -0.2) is 74.3 Å². The van der Waals surface area contributed by atoms with Crippen LogP contribution in [-0.2, 0) is 17.5 Å². The lowest BCUT2D eigenvalue weighted by Gasteiger charge is -2.39. The number of carbonyl (C=O) groups excluding carboxylic acids is 3. The van der Waals surface area contributed by atoms with Crippen molar-refractivity contribution in [2.45, 2.75) is 49.5 Å². The average Bonchev–Trinajstić information content (AvgIpc) is 2.95. The van der Waals surface area contributed by atoms with Crippen molar-refractivity contribution in [2.24, 2.45) is 0 Å². The Kier molecular flexibility index (Phi) is 11.9. The van der Waals surface area contributed by atoms with E-state index in [0.29, 0.717) is 19.2 Å². The molecule has 0 saturated carbocycles. The highest BCUT2D eigenvalue weighted by Crippen LogP contribution is 2.32. The minimum atomic E-state index is -4.69. The second-order valence-electron chi connectivity index (χ2n) is 9.74. The van der Waals surface area contributed by atoms with Crippen LogP contribution in [0, 0.1) is 0 Å². The Morgan fingerprint density at radius 3 is 2.44 bits per heavy atom. The van der Waals surface area contributed by atoms with Gasteiger partial charge in [-0.25, -0.2) is 4.79 Å². The number of benzene rings is 2. The first-order valence-corrected chi connectivity index (χ1v) is 14.6. The summed E-state index contributed by atoms with van der Waals surface area (Å²) < 4.78 is 39.9. The molecule has 0 aliphatic carbocycles. The Morgan fingerprint density at radius 1 is 1.07 bits per heavy atom. The summed E-state index contributed by atoms with van der Waals surface area (Å²) in [5, 5.41) is 13.5. The van der Waals surface area contributed by atoms with Gasteiger partial charge in [-0.15, -0.1) is 11.8 Å². The Labute approximate surface area is 242 Å². The lowest BCUT2D eigenvalue weighted by atomic mass is 9.98. The van der Waals surface area contributed by atoms with Gasteiger partial charge in [-0.3, -0.25) is 9.59 Å². The zero-order valence-electron chi connectivity index (χ0n) is 23.4. The quantitative estimate of drug-likeness (QED) is 0.254. The number of rotatable bonds is 11. The highest BCUT2D eigenvalue weighted by Gasteiger charge is 2.33. The number of hydrogen-bond donors (Lipinski definition) is 5. The number of alkyl halides is 3. The van der Waals surface area contributed by atoms with E-state index in [9.17, 15) is 27.6 Å². The number of urea groups is 1. The summed E-state index contributed by atoms with van der Waals surface area (Å²) in [7, 11) is 1.33. The summed E-state index contributed by atoms with van der Waals surface area (Å²) in [6.07, 6.45) is -0.880. The number of carbonyl (C=O) groups is 3. The van der Waals surface area contributed by atoms with Crippen molar-refractivity contribution in [2.75, 3.05) is 44.8 Å². The summed E-state index contributed by atoms with van der Waals surface area (Å²) >= 11 is 1.67. The zero-order chi connectivity index (χ0) is 30.0. The van der Waals surface area contributed by atoms with Crippen molar-refractivity contribution >= 4 is 35.3 Å². The molecule has 1 aliphatic heterocycles. The first-order chi connectivity index (χ1) is 19.5. The molecular weight excluding hydrogens is 557 g/mol. The fraction of sp³-hybridized carbons (Fsp3) is 0.464. The van der Waals surface area contributed by atoms with Gasteiger partial charge in [0.1, 0.15) is 0 Å².